The number of benzene rings is 2. The van der Waals surface area contributed by atoms with Crippen molar-refractivity contribution in [2.45, 2.75) is 6.92 Å². The molecule has 0 saturated carbocycles. The normalized spacial score (nSPS) is 10.2. The predicted molar refractivity (Wildman–Crippen MR) is 69.8 cm³/mol. The average Bonchev–Trinajstić information content (AvgIpc) is 2.40. The van der Waals surface area contributed by atoms with E-state index in [1.54, 1.807) is 0 Å². The van der Waals surface area contributed by atoms with Crippen LogP contribution in [0.15, 0.2) is 36.4 Å². The van der Waals surface area contributed by atoms with Crippen LogP contribution in [0.2, 0.25) is 0 Å². The van der Waals surface area contributed by atoms with E-state index in [-0.39, 0.29) is 22.8 Å². The van der Waals surface area contributed by atoms with Crippen LogP contribution in [0.3, 0.4) is 0 Å². The number of hydrogen-bond acceptors (Lipinski definition) is 3. The van der Waals surface area contributed by atoms with Crippen LogP contribution in [-0.2, 0) is 0 Å². The van der Waals surface area contributed by atoms with Crippen molar-refractivity contribution in [3.05, 3.63) is 59.2 Å². The SMILES string of the molecule is CC(=O)c1ccc(Oc2ccc(C(=O)O)c(F)c2)c(F)c1. The molecule has 0 atom stereocenters. The average molecular weight is 292 g/mol. The van der Waals surface area contributed by atoms with Gasteiger partial charge in [-0.1, -0.05) is 0 Å². The number of carboxylic acids is 1. The molecule has 0 heterocycles. The largest absolute Gasteiger partial charge is 0.478 e. The summed E-state index contributed by atoms with van der Waals surface area (Å²) in [7, 11) is 0. The lowest BCUT2D eigenvalue weighted by Crippen LogP contribution is -2.00. The Morgan fingerprint density at radius 1 is 1.05 bits per heavy atom. The second kappa shape index (κ2) is 5.70. The zero-order valence-electron chi connectivity index (χ0n) is 10.9. The number of carbonyl (C=O) groups excluding carboxylic acids is 1. The number of rotatable bonds is 4. The summed E-state index contributed by atoms with van der Waals surface area (Å²) >= 11 is 0. The third kappa shape index (κ3) is 3.22. The first-order valence-corrected chi connectivity index (χ1v) is 5.89. The monoisotopic (exact) mass is 292 g/mol. The molecular weight excluding hydrogens is 282 g/mol. The Bertz CT molecular complexity index is 726. The van der Waals surface area contributed by atoms with E-state index in [4.69, 9.17) is 9.84 Å². The number of carboxylic acid groups (broad SMARTS) is 1. The summed E-state index contributed by atoms with van der Waals surface area (Å²) in [5, 5.41) is 8.70. The van der Waals surface area contributed by atoms with Gasteiger partial charge in [0.25, 0.3) is 0 Å². The van der Waals surface area contributed by atoms with Gasteiger partial charge >= 0.3 is 5.97 Å². The van der Waals surface area contributed by atoms with Gasteiger partial charge < -0.3 is 9.84 Å². The Morgan fingerprint density at radius 2 is 1.76 bits per heavy atom. The third-order valence-corrected chi connectivity index (χ3v) is 2.74. The molecule has 108 valence electrons. The Kier molecular flexibility index (Phi) is 3.98. The minimum Gasteiger partial charge on any atom is -0.478 e. The van der Waals surface area contributed by atoms with Crippen LogP contribution in [0.5, 0.6) is 11.5 Å². The summed E-state index contributed by atoms with van der Waals surface area (Å²) in [4.78, 5) is 21.8. The molecule has 0 saturated heterocycles. The number of Topliss-reactive ketones (excluding diaryl/α,β-unsaturated/α-hetero) is 1. The van der Waals surface area contributed by atoms with Gasteiger partial charge in [0.1, 0.15) is 11.6 Å². The maximum Gasteiger partial charge on any atom is 0.338 e. The summed E-state index contributed by atoms with van der Waals surface area (Å²) < 4.78 is 32.4. The van der Waals surface area contributed by atoms with Gasteiger partial charge in [0, 0.05) is 11.6 Å². The van der Waals surface area contributed by atoms with E-state index >= 15 is 0 Å². The molecule has 1 N–H and O–H groups in total. The van der Waals surface area contributed by atoms with Crippen LogP contribution < -0.4 is 4.74 Å². The zero-order valence-corrected chi connectivity index (χ0v) is 10.9. The van der Waals surface area contributed by atoms with Crippen molar-refractivity contribution in [1.82, 2.24) is 0 Å². The van der Waals surface area contributed by atoms with Crippen molar-refractivity contribution in [2.75, 3.05) is 0 Å². The highest BCUT2D eigenvalue weighted by molar-refractivity contribution is 5.94. The van der Waals surface area contributed by atoms with E-state index in [0.717, 1.165) is 18.2 Å². The number of aromatic carboxylic acids is 1. The zero-order chi connectivity index (χ0) is 15.6. The fraction of sp³-hybridized carbons (Fsp3) is 0.0667. The highest BCUT2D eigenvalue weighted by atomic mass is 19.1. The van der Waals surface area contributed by atoms with Crippen LogP contribution in [-0.4, -0.2) is 16.9 Å². The van der Waals surface area contributed by atoms with Gasteiger partial charge in [0.15, 0.2) is 17.3 Å². The standard InChI is InChI=1S/C15H10F2O4/c1-8(18)9-2-5-14(13(17)6-9)21-10-3-4-11(15(19)20)12(16)7-10/h2-7H,1H3,(H,19,20). The highest BCUT2D eigenvalue weighted by Crippen LogP contribution is 2.26. The molecule has 2 rings (SSSR count). The lowest BCUT2D eigenvalue weighted by molar-refractivity contribution is 0.0691. The van der Waals surface area contributed by atoms with Crippen LogP contribution in [0.1, 0.15) is 27.6 Å². The molecule has 6 heteroatoms. The first-order chi connectivity index (χ1) is 9.88. The number of carbonyl (C=O) groups is 2. The second-order valence-electron chi connectivity index (χ2n) is 4.25. The van der Waals surface area contributed by atoms with Crippen molar-refractivity contribution < 1.29 is 28.2 Å². The molecule has 0 aliphatic heterocycles. The molecule has 0 aliphatic carbocycles. The van der Waals surface area contributed by atoms with Gasteiger partial charge in [-0.25, -0.2) is 13.6 Å². The number of ketones is 1. The lowest BCUT2D eigenvalue weighted by atomic mass is 10.1. The molecule has 0 aromatic heterocycles. The van der Waals surface area contributed by atoms with Gasteiger partial charge in [0.2, 0.25) is 0 Å². The molecule has 4 nitrogen and oxygen atoms in total. The van der Waals surface area contributed by atoms with Gasteiger partial charge in [-0.3, -0.25) is 4.79 Å². The first-order valence-electron chi connectivity index (χ1n) is 5.89. The molecule has 0 amide bonds. The second-order valence-corrected chi connectivity index (χ2v) is 4.25. The third-order valence-electron chi connectivity index (χ3n) is 2.74. The summed E-state index contributed by atoms with van der Waals surface area (Å²) in [6.07, 6.45) is 0. The molecule has 2 aromatic carbocycles. The fourth-order valence-corrected chi connectivity index (χ4v) is 1.66. The van der Waals surface area contributed by atoms with Crippen molar-refractivity contribution in [3.8, 4) is 11.5 Å². The van der Waals surface area contributed by atoms with E-state index in [9.17, 15) is 18.4 Å². The maximum absolute atomic E-state index is 13.7. The van der Waals surface area contributed by atoms with Crippen LogP contribution >= 0.6 is 0 Å². The molecule has 0 bridgehead atoms. The summed E-state index contributed by atoms with van der Waals surface area (Å²) in [6, 6.07) is 6.72. The number of halogens is 2. The predicted octanol–water partition coefficient (Wildman–Crippen LogP) is 3.66. The molecule has 0 radical (unpaired) electrons. The Balaban J connectivity index is 2.28. The van der Waals surface area contributed by atoms with Gasteiger partial charge in [-0.2, -0.15) is 0 Å². The molecule has 0 fully saturated rings. The Morgan fingerprint density at radius 3 is 2.29 bits per heavy atom. The van der Waals surface area contributed by atoms with Gasteiger partial charge in [-0.05, 0) is 37.3 Å². The van der Waals surface area contributed by atoms with Crippen molar-refractivity contribution in [3.63, 3.8) is 0 Å². The van der Waals surface area contributed by atoms with Crippen molar-refractivity contribution >= 4 is 11.8 Å². The summed E-state index contributed by atoms with van der Waals surface area (Å²) in [6.45, 7) is 1.30. The minimum atomic E-state index is -1.41. The molecule has 0 unspecified atom stereocenters. The van der Waals surface area contributed by atoms with Crippen LogP contribution in [0, 0.1) is 11.6 Å². The quantitative estimate of drug-likeness (QED) is 0.873. The number of ether oxygens (including phenoxy) is 1. The van der Waals surface area contributed by atoms with Crippen molar-refractivity contribution in [1.29, 1.82) is 0 Å². The molecule has 21 heavy (non-hydrogen) atoms. The maximum atomic E-state index is 13.7. The minimum absolute atomic E-state index is 0.0491. The molecule has 0 aliphatic rings. The molecule has 2 aromatic rings. The lowest BCUT2D eigenvalue weighted by Gasteiger charge is -2.08. The Labute approximate surface area is 118 Å². The van der Waals surface area contributed by atoms with E-state index in [1.165, 1.54) is 25.1 Å². The highest BCUT2D eigenvalue weighted by Gasteiger charge is 2.13. The van der Waals surface area contributed by atoms with E-state index in [2.05, 4.69) is 0 Å². The summed E-state index contributed by atoms with van der Waals surface area (Å²) in [5.41, 5.74) is -0.318. The van der Waals surface area contributed by atoms with Crippen molar-refractivity contribution in [2.24, 2.45) is 0 Å². The Hall–Kier alpha value is -2.76. The smallest absolute Gasteiger partial charge is 0.338 e. The first kappa shape index (κ1) is 14.6. The fourth-order valence-electron chi connectivity index (χ4n) is 1.66. The topological polar surface area (TPSA) is 63.6 Å². The van der Waals surface area contributed by atoms with Gasteiger partial charge in [0.05, 0.1) is 5.56 Å². The van der Waals surface area contributed by atoms with E-state index < -0.39 is 23.2 Å². The van der Waals surface area contributed by atoms with Crippen LogP contribution in [0.25, 0.3) is 0 Å². The molecular formula is C15H10F2O4. The van der Waals surface area contributed by atoms with Gasteiger partial charge in [-0.15, -0.1) is 0 Å². The van der Waals surface area contributed by atoms with Crippen LogP contribution in [0.4, 0.5) is 8.78 Å². The molecule has 0 spiro atoms. The summed E-state index contributed by atoms with van der Waals surface area (Å²) in [5.74, 6) is -3.70. The van der Waals surface area contributed by atoms with E-state index in [1.807, 2.05) is 0 Å². The van der Waals surface area contributed by atoms with E-state index in [0.29, 0.717) is 0 Å². The number of hydrogen-bond donors (Lipinski definition) is 1.